The van der Waals surface area contributed by atoms with Crippen molar-refractivity contribution in [3.05, 3.63) is 33.8 Å². The van der Waals surface area contributed by atoms with E-state index in [-0.39, 0.29) is 0 Å². The molecule has 0 fully saturated rings. The van der Waals surface area contributed by atoms with Gasteiger partial charge in [-0.1, -0.05) is 35.0 Å². The van der Waals surface area contributed by atoms with Crippen LogP contribution in [0.1, 0.15) is 24.5 Å². The summed E-state index contributed by atoms with van der Waals surface area (Å²) >= 11 is 3.60. The molecule has 0 bridgehead atoms. The van der Waals surface area contributed by atoms with Crippen molar-refractivity contribution in [3.63, 3.8) is 0 Å². The third-order valence-corrected chi connectivity index (χ3v) is 3.74. The number of nitrogens with two attached hydrogens (primary N) is 2. The highest BCUT2D eigenvalue weighted by molar-refractivity contribution is 9.10. The van der Waals surface area contributed by atoms with Gasteiger partial charge in [-0.2, -0.15) is 0 Å². The van der Waals surface area contributed by atoms with Crippen molar-refractivity contribution >= 4 is 15.9 Å². The first kappa shape index (κ1) is 13.7. The van der Waals surface area contributed by atoms with Crippen LogP contribution in [0.5, 0.6) is 0 Å². The van der Waals surface area contributed by atoms with Gasteiger partial charge in [0, 0.05) is 4.47 Å². The van der Waals surface area contributed by atoms with Gasteiger partial charge in [0.15, 0.2) is 0 Å². The minimum Gasteiger partial charge on any atom is -0.330 e. The van der Waals surface area contributed by atoms with Crippen molar-refractivity contribution < 1.29 is 0 Å². The third kappa shape index (κ3) is 3.89. The number of benzene rings is 1. The maximum atomic E-state index is 5.63. The number of rotatable bonds is 6. The van der Waals surface area contributed by atoms with Crippen LogP contribution < -0.4 is 11.5 Å². The first-order valence-corrected chi connectivity index (χ1v) is 6.68. The average Bonchev–Trinajstić information content (AvgIpc) is 2.30. The standard InChI is InChI=1S/C13H21BrN2/c1-2-12-6-5-10(7-13(12)14)3-4-11(8-15)9-16/h5-7,11H,2-4,8-9,15-16H2,1H3. The van der Waals surface area contributed by atoms with Crippen molar-refractivity contribution in [2.45, 2.75) is 26.2 Å². The van der Waals surface area contributed by atoms with E-state index in [1.165, 1.54) is 15.6 Å². The Kier molecular flexibility index (Phi) is 6.03. The van der Waals surface area contributed by atoms with Crippen LogP contribution in [-0.2, 0) is 12.8 Å². The average molecular weight is 285 g/mol. The summed E-state index contributed by atoms with van der Waals surface area (Å²) in [5.41, 5.74) is 14.0. The second-order valence-electron chi connectivity index (χ2n) is 4.16. The van der Waals surface area contributed by atoms with Gasteiger partial charge in [0.25, 0.3) is 0 Å². The molecule has 0 radical (unpaired) electrons. The van der Waals surface area contributed by atoms with Crippen LogP contribution in [0.15, 0.2) is 22.7 Å². The molecular formula is C13H21BrN2. The van der Waals surface area contributed by atoms with Crippen LogP contribution in [0.4, 0.5) is 0 Å². The van der Waals surface area contributed by atoms with Gasteiger partial charge in [-0.3, -0.25) is 0 Å². The Hall–Kier alpha value is -0.380. The molecule has 1 rings (SSSR count). The van der Waals surface area contributed by atoms with Gasteiger partial charge in [-0.15, -0.1) is 0 Å². The molecule has 0 spiro atoms. The topological polar surface area (TPSA) is 52.0 Å². The minimum absolute atomic E-state index is 0.449. The molecule has 0 aliphatic rings. The molecule has 0 amide bonds. The Morgan fingerprint density at radius 1 is 1.25 bits per heavy atom. The molecule has 1 aromatic rings. The second kappa shape index (κ2) is 7.05. The fourth-order valence-corrected chi connectivity index (χ4v) is 2.44. The molecular weight excluding hydrogens is 264 g/mol. The summed E-state index contributed by atoms with van der Waals surface area (Å²) in [6.07, 6.45) is 3.20. The molecule has 90 valence electrons. The van der Waals surface area contributed by atoms with Crippen LogP contribution >= 0.6 is 15.9 Å². The Labute approximate surface area is 107 Å². The summed E-state index contributed by atoms with van der Waals surface area (Å²) in [5.74, 6) is 0.449. The lowest BCUT2D eigenvalue weighted by Crippen LogP contribution is -2.23. The quantitative estimate of drug-likeness (QED) is 0.843. The molecule has 0 aliphatic carbocycles. The molecule has 2 nitrogen and oxygen atoms in total. The summed E-state index contributed by atoms with van der Waals surface area (Å²) in [4.78, 5) is 0. The highest BCUT2D eigenvalue weighted by atomic mass is 79.9. The van der Waals surface area contributed by atoms with Gasteiger partial charge < -0.3 is 11.5 Å². The Morgan fingerprint density at radius 3 is 2.44 bits per heavy atom. The molecule has 4 N–H and O–H groups in total. The predicted octanol–water partition coefficient (Wildman–Crippen LogP) is 2.48. The van der Waals surface area contributed by atoms with Crippen LogP contribution in [0, 0.1) is 5.92 Å². The molecule has 0 saturated heterocycles. The highest BCUT2D eigenvalue weighted by Gasteiger charge is 2.05. The smallest absolute Gasteiger partial charge is 0.0209 e. The van der Waals surface area contributed by atoms with Gasteiger partial charge in [0.1, 0.15) is 0 Å². The van der Waals surface area contributed by atoms with E-state index in [0.29, 0.717) is 19.0 Å². The fraction of sp³-hybridized carbons (Fsp3) is 0.538. The van der Waals surface area contributed by atoms with Crippen LogP contribution in [0.2, 0.25) is 0 Å². The summed E-state index contributed by atoms with van der Waals surface area (Å²) in [5, 5.41) is 0. The summed E-state index contributed by atoms with van der Waals surface area (Å²) < 4.78 is 1.21. The molecule has 0 aromatic heterocycles. The summed E-state index contributed by atoms with van der Waals surface area (Å²) in [6.45, 7) is 3.54. The maximum Gasteiger partial charge on any atom is 0.0209 e. The zero-order chi connectivity index (χ0) is 12.0. The molecule has 0 aliphatic heterocycles. The van der Waals surface area contributed by atoms with Gasteiger partial charge >= 0.3 is 0 Å². The van der Waals surface area contributed by atoms with Gasteiger partial charge in [0.2, 0.25) is 0 Å². The van der Waals surface area contributed by atoms with Crippen molar-refractivity contribution in [2.24, 2.45) is 17.4 Å². The van der Waals surface area contributed by atoms with E-state index >= 15 is 0 Å². The SMILES string of the molecule is CCc1ccc(CCC(CN)CN)cc1Br. The van der Waals surface area contributed by atoms with E-state index in [0.717, 1.165) is 19.3 Å². The number of hydrogen-bond acceptors (Lipinski definition) is 2. The summed E-state index contributed by atoms with van der Waals surface area (Å²) in [7, 11) is 0. The zero-order valence-corrected chi connectivity index (χ0v) is 11.5. The van der Waals surface area contributed by atoms with Gasteiger partial charge in [0.05, 0.1) is 0 Å². The fourth-order valence-electron chi connectivity index (χ4n) is 1.74. The zero-order valence-electron chi connectivity index (χ0n) is 9.88. The first-order chi connectivity index (χ1) is 7.71. The second-order valence-corrected chi connectivity index (χ2v) is 5.01. The van der Waals surface area contributed by atoms with Crippen molar-refractivity contribution in [2.75, 3.05) is 13.1 Å². The normalized spacial score (nSPS) is 11.1. The monoisotopic (exact) mass is 284 g/mol. The largest absolute Gasteiger partial charge is 0.330 e. The number of aryl methyl sites for hydroxylation is 2. The Balaban J connectivity index is 2.58. The molecule has 0 unspecified atom stereocenters. The van der Waals surface area contributed by atoms with E-state index in [1.807, 2.05) is 0 Å². The molecule has 1 aromatic carbocycles. The van der Waals surface area contributed by atoms with E-state index in [9.17, 15) is 0 Å². The molecule has 16 heavy (non-hydrogen) atoms. The minimum atomic E-state index is 0.449. The number of halogens is 1. The van der Waals surface area contributed by atoms with Gasteiger partial charge in [-0.05, 0) is 55.5 Å². The Bertz CT molecular complexity index is 322. The highest BCUT2D eigenvalue weighted by Crippen LogP contribution is 2.20. The van der Waals surface area contributed by atoms with Crippen molar-refractivity contribution in [1.82, 2.24) is 0 Å². The molecule has 0 atom stereocenters. The number of hydrogen-bond donors (Lipinski definition) is 2. The van der Waals surface area contributed by atoms with Crippen molar-refractivity contribution in [1.29, 1.82) is 0 Å². The first-order valence-electron chi connectivity index (χ1n) is 5.88. The summed E-state index contributed by atoms with van der Waals surface area (Å²) in [6, 6.07) is 6.61. The van der Waals surface area contributed by atoms with Crippen LogP contribution in [0.3, 0.4) is 0 Å². The van der Waals surface area contributed by atoms with E-state index in [2.05, 4.69) is 41.1 Å². The lowest BCUT2D eigenvalue weighted by molar-refractivity contribution is 0.508. The van der Waals surface area contributed by atoms with E-state index in [1.54, 1.807) is 0 Å². The molecule has 3 heteroatoms. The lowest BCUT2D eigenvalue weighted by atomic mass is 9.99. The van der Waals surface area contributed by atoms with Crippen LogP contribution in [-0.4, -0.2) is 13.1 Å². The van der Waals surface area contributed by atoms with E-state index in [4.69, 9.17) is 11.5 Å². The lowest BCUT2D eigenvalue weighted by Gasteiger charge is -2.12. The maximum absolute atomic E-state index is 5.63. The Morgan fingerprint density at radius 2 is 1.94 bits per heavy atom. The predicted molar refractivity (Wildman–Crippen MR) is 73.4 cm³/mol. The molecule has 0 saturated carbocycles. The van der Waals surface area contributed by atoms with Crippen LogP contribution in [0.25, 0.3) is 0 Å². The molecule has 0 heterocycles. The van der Waals surface area contributed by atoms with E-state index < -0.39 is 0 Å². The van der Waals surface area contributed by atoms with Crippen molar-refractivity contribution in [3.8, 4) is 0 Å². The third-order valence-electron chi connectivity index (χ3n) is 3.01. The van der Waals surface area contributed by atoms with Gasteiger partial charge in [-0.25, -0.2) is 0 Å².